The summed E-state index contributed by atoms with van der Waals surface area (Å²) >= 11 is 7.68. The molecule has 4 aromatic rings. The first-order valence-corrected chi connectivity index (χ1v) is 13.0. The van der Waals surface area contributed by atoms with Gasteiger partial charge in [0.25, 0.3) is 0 Å². The van der Waals surface area contributed by atoms with Gasteiger partial charge in [-0.05, 0) is 24.3 Å². The number of piperazine rings is 1. The van der Waals surface area contributed by atoms with E-state index in [1.54, 1.807) is 11.3 Å². The number of amides is 1. The Labute approximate surface area is 213 Å². The van der Waals surface area contributed by atoms with E-state index < -0.39 is 0 Å². The first-order chi connectivity index (χ1) is 17.2. The maximum absolute atomic E-state index is 13.8. The lowest BCUT2D eigenvalue weighted by Gasteiger charge is -2.37. The zero-order chi connectivity index (χ0) is 23.8. The molecule has 3 aromatic carbocycles. The van der Waals surface area contributed by atoms with Crippen molar-refractivity contribution in [3.63, 3.8) is 0 Å². The van der Waals surface area contributed by atoms with Crippen molar-refractivity contribution in [3.05, 3.63) is 99.3 Å². The van der Waals surface area contributed by atoms with Gasteiger partial charge >= 0.3 is 0 Å². The number of rotatable bonds is 4. The molecule has 6 rings (SSSR count). The van der Waals surface area contributed by atoms with Crippen LogP contribution in [0.1, 0.15) is 22.1 Å². The van der Waals surface area contributed by atoms with Crippen molar-refractivity contribution in [2.45, 2.75) is 12.5 Å². The molecule has 0 aliphatic carbocycles. The van der Waals surface area contributed by atoms with E-state index in [-0.39, 0.29) is 11.8 Å². The Morgan fingerprint density at radius 2 is 1.54 bits per heavy atom. The van der Waals surface area contributed by atoms with Gasteiger partial charge in [0.1, 0.15) is 16.5 Å². The summed E-state index contributed by atoms with van der Waals surface area (Å²) < 4.78 is 6.08. The molecule has 0 atom stereocenters. The summed E-state index contributed by atoms with van der Waals surface area (Å²) in [6.07, 6.45) is 0. The van der Waals surface area contributed by atoms with Gasteiger partial charge in [-0.1, -0.05) is 60.1 Å². The number of para-hydroxylation sites is 2. The van der Waals surface area contributed by atoms with Crippen LogP contribution in [0.4, 0.5) is 0 Å². The van der Waals surface area contributed by atoms with Crippen LogP contribution < -0.4 is 4.74 Å². The number of fused-ring (bicyclic) bond motifs is 2. The summed E-state index contributed by atoms with van der Waals surface area (Å²) in [4.78, 5) is 23.0. The molecule has 0 saturated carbocycles. The molecule has 1 saturated heterocycles. The molecule has 7 heteroatoms. The Kier molecular flexibility index (Phi) is 6.02. The van der Waals surface area contributed by atoms with Crippen LogP contribution in [0.25, 0.3) is 11.3 Å². The maximum Gasteiger partial charge on any atom is 0.234 e. The number of hydrogen-bond acceptors (Lipinski definition) is 5. The Balaban J connectivity index is 1.13. The molecular weight excluding hydrogens is 478 g/mol. The lowest BCUT2D eigenvalue weighted by molar-refractivity contribution is -0.133. The number of carbonyl (C=O) groups is 1. The molecular formula is C28H24ClN3O2S. The highest BCUT2D eigenvalue weighted by Crippen LogP contribution is 2.44. The average Bonchev–Trinajstić information content (AvgIpc) is 3.36. The minimum absolute atomic E-state index is 0.145. The fourth-order valence-electron chi connectivity index (χ4n) is 4.81. The SMILES string of the molecule is O=C(C1c2ccccc2Oc2ccccc21)N1CCN(Cc2nc(-c3ccc(Cl)cc3)cs2)CC1. The summed E-state index contributed by atoms with van der Waals surface area (Å²) in [6.45, 7) is 3.86. The van der Waals surface area contributed by atoms with Crippen molar-refractivity contribution < 1.29 is 9.53 Å². The number of nitrogens with zero attached hydrogens (tertiary/aromatic N) is 3. The lowest BCUT2D eigenvalue weighted by Crippen LogP contribution is -2.49. The number of halogens is 1. The Morgan fingerprint density at radius 3 is 2.20 bits per heavy atom. The van der Waals surface area contributed by atoms with E-state index in [1.165, 1.54) is 0 Å². The Hall–Kier alpha value is -3.19. The van der Waals surface area contributed by atoms with Crippen molar-refractivity contribution in [2.75, 3.05) is 26.2 Å². The molecule has 1 aromatic heterocycles. The molecule has 176 valence electrons. The van der Waals surface area contributed by atoms with Gasteiger partial charge < -0.3 is 9.64 Å². The molecule has 1 fully saturated rings. The molecule has 0 spiro atoms. The third kappa shape index (κ3) is 4.45. The van der Waals surface area contributed by atoms with Gasteiger partial charge in [-0.15, -0.1) is 11.3 Å². The van der Waals surface area contributed by atoms with Gasteiger partial charge in [-0.3, -0.25) is 9.69 Å². The van der Waals surface area contributed by atoms with Crippen molar-refractivity contribution in [2.24, 2.45) is 0 Å². The van der Waals surface area contributed by atoms with Gasteiger partial charge in [0, 0.05) is 53.3 Å². The van der Waals surface area contributed by atoms with Gasteiger partial charge in [-0.25, -0.2) is 4.98 Å². The lowest BCUT2D eigenvalue weighted by atomic mass is 9.86. The molecule has 5 nitrogen and oxygen atoms in total. The van der Waals surface area contributed by atoms with Crippen LogP contribution >= 0.6 is 22.9 Å². The molecule has 2 aliphatic rings. The van der Waals surface area contributed by atoms with Crippen LogP contribution in [0.3, 0.4) is 0 Å². The largest absolute Gasteiger partial charge is 0.457 e. The van der Waals surface area contributed by atoms with Crippen LogP contribution in [0, 0.1) is 0 Å². The van der Waals surface area contributed by atoms with Gasteiger partial charge in [0.05, 0.1) is 18.2 Å². The van der Waals surface area contributed by atoms with Crippen molar-refractivity contribution in [1.29, 1.82) is 0 Å². The number of thiazole rings is 1. The van der Waals surface area contributed by atoms with Crippen LogP contribution in [0.15, 0.2) is 78.2 Å². The van der Waals surface area contributed by atoms with Crippen LogP contribution in [-0.4, -0.2) is 46.9 Å². The fourth-order valence-corrected chi connectivity index (χ4v) is 5.78. The molecule has 0 N–H and O–H groups in total. The van der Waals surface area contributed by atoms with E-state index in [4.69, 9.17) is 21.3 Å². The number of carbonyl (C=O) groups excluding carboxylic acids is 1. The van der Waals surface area contributed by atoms with E-state index in [0.29, 0.717) is 13.1 Å². The summed E-state index contributed by atoms with van der Waals surface area (Å²) in [5.74, 6) is 1.35. The van der Waals surface area contributed by atoms with Crippen LogP contribution in [0.2, 0.25) is 5.02 Å². The second kappa shape index (κ2) is 9.46. The van der Waals surface area contributed by atoms with Gasteiger partial charge in [0.15, 0.2) is 0 Å². The Morgan fingerprint density at radius 1 is 0.914 bits per heavy atom. The monoisotopic (exact) mass is 501 g/mol. The van der Waals surface area contributed by atoms with Crippen molar-refractivity contribution >= 4 is 28.8 Å². The number of ether oxygens (including phenoxy) is 1. The van der Waals surface area contributed by atoms with Crippen molar-refractivity contribution in [3.8, 4) is 22.8 Å². The molecule has 3 heterocycles. The highest BCUT2D eigenvalue weighted by Gasteiger charge is 2.36. The van der Waals surface area contributed by atoms with E-state index in [9.17, 15) is 4.79 Å². The quantitative estimate of drug-likeness (QED) is 0.342. The highest BCUT2D eigenvalue weighted by atomic mass is 35.5. The zero-order valence-corrected chi connectivity index (χ0v) is 20.6. The third-order valence-corrected chi connectivity index (χ3v) is 7.75. The second-order valence-electron chi connectivity index (χ2n) is 8.85. The second-order valence-corrected chi connectivity index (χ2v) is 10.2. The van der Waals surface area contributed by atoms with E-state index >= 15 is 0 Å². The van der Waals surface area contributed by atoms with Crippen LogP contribution in [0.5, 0.6) is 11.5 Å². The molecule has 0 unspecified atom stereocenters. The van der Waals surface area contributed by atoms with Gasteiger partial charge in [0.2, 0.25) is 5.91 Å². The molecule has 0 radical (unpaired) electrons. The predicted molar refractivity (Wildman–Crippen MR) is 139 cm³/mol. The third-order valence-electron chi connectivity index (χ3n) is 6.66. The average molecular weight is 502 g/mol. The number of aromatic nitrogens is 1. The zero-order valence-electron chi connectivity index (χ0n) is 19.1. The Bertz CT molecular complexity index is 1320. The highest BCUT2D eigenvalue weighted by molar-refractivity contribution is 7.09. The van der Waals surface area contributed by atoms with E-state index in [0.717, 1.165) is 63.5 Å². The predicted octanol–water partition coefficient (Wildman–Crippen LogP) is 6.05. The minimum atomic E-state index is -0.330. The summed E-state index contributed by atoms with van der Waals surface area (Å²) in [6, 6.07) is 23.5. The summed E-state index contributed by atoms with van der Waals surface area (Å²) in [5, 5.41) is 3.91. The normalized spacial score (nSPS) is 15.9. The molecule has 0 bridgehead atoms. The molecule has 2 aliphatic heterocycles. The topological polar surface area (TPSA) is 45.7 Å². The molecule has 1 amide bonds. The number of benzene rings is 3. The fraction of sp³-hybridized carbons (Fsp3) is 0.214. The van der Waals surface area contributed by atoms with Crippen LogP contribution in [-0.2, 0) is 11.3 Å². The van der Waals surface area contributed by atoms with E-state index in [1.807, 2.05) is 77.7 Å². The first-order valence-electron chi connectivity index (χ1n) is 11.7. The first kappa shape index (κ1) is 22.3. The smallest absolute Gasteiger partial charge is 0.234 e. The minimum Gasteiger partial charge on any atom is -0.457 e. The standard InChI is InChI=1S/C28H24ClN3O2S/c29-20-11-9-19(10-12-20)23-18-35-26(30-23)17-31-13-15-32(16-14-31)28(33)27-21-5-1-3-7-24(21)34-25-8-4-2-6-22(25)27/h1-12,18,27H,13-17H2. The summed E-state index contributed by atoms with van der Waals surface area (Å²) in [5.41, 5.74) is 3.93. The van der Waals surface area contributed by atoms with Gasteiger partial charge in [-0.2, -0.15) is 0 Å². The molecule has 35 heavy (non-hydrogen) atoms. The summed E-state index contributed by atoms with van der Waals surface area (Å²) in [7, 11) is 0. The maximum atomic E-state index is 13.8. The number of hydrogen-bond donors (Lipinski definition) is 0. The van der Waals surface area contributed by atoms with Crippen molar-refractivity contribution in [1.82, 2.24) is 14.8 Å². The van der Waals surface area contributed by atoms with E-state index in [2.05, 4.69) is 10.3 Å².